The number of aliphatic imine (C=N–C) groups is 1. The molecule has 35 heavy (non-hydrogen) atoms. The molecule has 0 saturated carbocycles. The van der Waals surface area contributed by atoms with Gasteiger partial charge in [0, 0.05) is 24.2 Å². The highest BCUT2D eigenvalue weighted by Crippen LogP contribution is 2.36. The van der Waals surface area contributed by atoms with Crippen LogP contribution in [-0.2, 0) is 11.2 Å². The Kier molecular flexibility index (Phi) is 7.44. The fourth-order valence-corrected chi connectivity index (χ4v) is 3.94. The number of nitrogen functional groups attached to an aromatic ring is 1. The molecule has 1 amide bonds. The highest BCUT2D eigenvalue weighted by atomic mass is 16.5. The van der Waals surface area contributed by atoms with Gasteiger partial charge in [-0.05, 0) is 25.2 Å². The molecule has 180 valence electrons. The van der Waals surface area contributed by atoms with Crippen molar-refractivity contribution in [1.82, 2.24) is 15.0 Å². The summed E-state index contributed by atoms with van der Waals surface area (Å²) in [5.74, 6) is -0.0404. The third-order valence-corrected chi connectivity index (χ3v) is 5.70. The number of pyridine rings is 1. The Balaban J connectivity index is 1.67. The largest absolute Gasteiger partial charge is 0.382 e. The normalized spacial score (nSPS) is 13.3. The van der Waals surface area contributed by atoms with Gasteiger partial charge in [0.1, 0.15) is 0 Å². The monoisotopic (exact) mass is 472 g/mol. The lowest BCUT2D eigenvalue weighted by molar-refractivity contribution is 0.102. The van der Waals surface area contributed by atoms with E-state index < -0.39 is 5.91 Å². The fourth-order valence-electron chi connectivity index (χ4n) is 3.94. The van der Waals surface area contributed by atoms with Gasteiger partial charge in [-0.2, -0.15) is 0 Å². The number of morpholine rings is 1. The fraction of sp³-hybridized carbons (Fsp3) is 0.240. The SMILES string of the molecule is C=Cc1c(N=C)ncc(NC(=O)c2nc(-c3ccc(CCN)cc3)cnc2N)c1N1CCOCC1. The maximum atomic E-state index is 13.3. The first-order valence-corrected chi connectivity index (χ1v) is 11.2. The summed E-state index contributed by atoms with van der Waals surface area (Å²) in [5.41, 5.74) is 16.1. The quantitative estimate of drug-likeness (QED) is 0.424. The standard InChI is InChI=1S/C25H28N8O2/c1-3-18-22(33-10-12-35-13-11-33)20(15-30-24(18)28-2)32-25(34)21-23(27)29-14-19(31-21)17-6-4-16(5-7-17)8-9-26/h3-7,14-15H,1-2,8-13,26H2,(H2,27,29)(H,32,34). The molecule has 1 saturated heterocycles. The number of aromatic nitrogens is 3. The minimum absolute atomic E-state index is 0.0209. The first-order valence-electron chi connectivity index (χ1n) is 11.2. The minimum atomic E-state index is -0.498. The van der Waals surface area contributed by atoms with Gasteiger partial charge in [0.05, 0.1) is 42.7 Å². The summed E-state index contributed by atoms with van der Waals surface area (Å²) in [5, 5.41) is 2.91. The van der Waals surface area contributed by atoms with E-state index in [1.54, 1.807) is 18.5 Å². The number of ether oxygens (including phenoxy) is 1. The van der Waals surface area contributed by atoms with Crippen molar-refractivity contribution in [3.63, 3.8) is 0 Å². The van der Waals surface area contributed by atoms with Crippen LogP contribution in [0.15, 0.2) is 48.2 Å². The number of amides is 1. The van der Waals surface area contributed by atoms with Gasteiger partial charge in [-0.1, -0.05) is 36.9 Å². The number of rotatable bonds is 8. The summed E-state index contributed by atoms with van der Waals surface area (Å²) in [6.07, 6.45) is 5.53. The van der Waals surface area contributed by atoms with Crippen molar-refractivity contribution in [2.75, 3.05) is 48.8 Å². The molecule has 0 bridgehead atoms. The molecule has 0 aliphatic carbocycles. The predicted octanol–water partition coefficient (Wildman–Crippen LogP) is 2.69. The number of carbonyl (C=O) groups excluding carboxylic acids is 1. The van der Waals surface area contributed by atoms with Gasteiger partial charge in [-0.15, -0.1) is 0 Å². The molecule has 1 aliphatic heterocycles. The van der Waals surface area contributed by atoms with E-state index in [-0.39, 0.29) is 11.5 Å². The van der Waals surface area contributed by atoms with E-state index in [1.807, 2.05) is 24.3 Å². The molecule has 1 fully saturated rings. The summed E-state index contributed by atoms with van der Waals surface area (Å²) in [4.78, 5) is 32.4. The molecule has 1 aliphatic rings. The summed E-state index contributed by atoms with van der Waals surface area (Å²) in [6.45, 7) is 10.5. The maximum Gasteiger partial charge on any atom is 0.278 e. The average molecular weight is 473 g/mol. The third-order valence-electron chi connectivity index (χ3n) is 5.70. The predicted molar refractivity (Wildman–Crippen MR) is 139 cm³/mol. The van der Waals surface area contributed by atoms with E-state index >= 15 is 0 Å². The molecule has 0 radical (unpaired) electrons. The lowest BCUT2D eigenvalue weighted by atomic mass is 10.1. The van der Waals surface area contributed by atoms with Crippen molar-refractivity contribution >= 4 is 41.7 Å². The van der Waals surface area contributed by atoms with E-state index in [9.17, 15) is 4.79 Å². The number of nitrogens with two attached hydrogens (primary N) is 2. The number of carbonyl (C=O) groups is 1. The van der Waals surface area contributed by atoms with Crippen LogP contribution in [0.25, 0.3) is 17.3 Å². The Morgan fingerprint density at radius 2 is 1.94 bits per heavy atom. The minimum Gasteiger partial charge on any atom is -0.382 e. The summed E-state index contributed by atoms with van der Waals surface area (Å²) < 4.78 is 5.49. The van der Waals surface area contributed by atoms with Gasteiger partial charge in [-0.25, -0.2) is 19.9 Å². The van der Waals surface area contributed by atoms with Crippen LogP contribution in [0.1, 0.15) is 21.6 Å². The van der Waals surface area contributed by atoms with E-state index in [4.69, 9.17) is 16.2 Å². The third kappa shape index (κ3) is 5.18. The molecule has 4 rings (SSSR count). The van der Waals surface area contributed by atoms with Crippen LogP contribution < -0.4 is 21.7 Å². The maximum absolute atomic E-state index is 13.3. The number of nitrogens with one attached hydrogen (secondary N) is 1. The van der Waals surface area contributed by atoms with E-state index in [1.165, 1.54) is 0 Å². The van der Waals surface area contributed by atoms with Gasteiger partial charge >= 0.3 is 0 Å². The second-order valence-electron chi connectivity index (χ2n) is 7.90. The molecular weight excluding hydrogens is 444 g/mol. The molecule has 3 heterocycles. The van der Waals surface area contributed by atoms with E-state index in [0.717, 1.165) is 23.2 Å². The van der Waals surface area contributed by atoms with Crippen LogP contribution in [0.4, 0.5) is 23.0 Å². The second kappa shape index (κ2) is 10.9. The first kappa shape index (κ1) is 24.0. The van der Waals surface area contributed by atoms with Crippen molar-refractivity contribution in [3.05, 3.63) is 60.1 Å². The molecule has 0 unspecified atom stereocenters. The number of hydrogen-bond acceptors (Lipinski definition) is 9. The van der Waals surface area contributed by atoms with Gasteiger partial charge < -0.3 is 26.4 Å². The number of nitrogens with zero attached hydrogens (tertiary/aromatic N) is 5. The lowest BCUT2D eigenvalue weighted by Crippen LogP contribution is -2.37. The van der Waals surface area contributed by atoms with Gasteiger partial charge in [0.15, 0.2) is 17.3 Å². The van der Waals surface area contributed by atoms with Crippen LogP contribution >= 0.6 is 0 Å². The molecule has 0 spiro atoms. The van der Waals surface area contributed by atoms with Gasteiger partial charge in [-0.3, -0.25) is 4.79 Å². The topological polar surface area (TPSA) is 145 Å². The Labute approximate surface area is 203 Å². The van der Waals surface area contributed by atoms with Crippen molar-refractivity contribution in [2.24, 2.45) is 10.7 Å². The molecule has 2 aromatic heterocycles. The van der Waals surface area contributed by atoms with Crippen molar-refractivity contribution in [1.29, 1.82) is 0 Å². The highest BCUT2D eigenvalue weighted by Gasteiger charge is 2.23. The molecule has 10 nitrogen and oxygen atoms in total. The first-order chi connectivity index (χ1) is 17.0. The Bertz CT molecular complexity index is 1240. The number of anilines is 3. The van der Waals surface area contributed by atoms with Crippen molar-refractivity contribution < 1.29 is 9.53 Å². The summed E-state index contributed by atoms with van der Waals surface area (Å²) >= 11 is 0. The molecule has 3 aromatic rings. The van der Waals surface area contributed by atoms with Crippen LogP contribution in [0, 0.1) is 0 Å². The van der Waals surface area contributed by atoms with E-state index in [2.05, 4.69) is 43.5 Å². The molecule has 1 aromatic carbocycles. The van der Waals surface area contributed by atoms with Crippen LogP contribution in [0.3, 0.4) is 0 Å². The molecule has 10 heteroatoms. The average Bonchev–Trinajstić information content (AvgIpc) is 2.89. The Morgan fingerprint density at radius 3 is 2.60 bits per heavy atom. The smallest absolute Gasteiger partial charge is 0.278 e. The zero-order chi connectivity index (χ0) is 24.8. The highest BCUT2D eigenvalue weighted by molar-refractivity contribution is 6.08. The summed E-state index contributed by atoms with van der Waals surface area (Å²) in [7, 11) is 0. The lowest BCUT2D eigenvalue weighted by Gasteiger charge is -2.32. The number of hydrogen-bond donors (Lipinski definition) is 3. The zero-order valence-corrected chi connectivity index (χ0v) is 19.4. The van der Waals surface area contributed by atoms with Gasteiger partial charge in [0.25, 0.3) is 5.91 Å². The summed E-state index contributed by atoms with van der Waals surface area (Å²) in [6, 6.07) is 7.80. The number of benzene rings is 1. The Morgan fingerprint density at radius 1 is 1.20 bits per heavy atom. The van der Waals surface area contributed by atoms with E-state index in [0.29, 0.717) is 55.6 Å². The molecule has 5 N–H and O–H groups in total. The van der Waals surface area contributed by atoms with Crippen molar-refractivity contribution in [3.8, 4) is 11.3 Å². The molecule has 0 atom stereocenters. The molecular formula is C25H28N8O2. The van der Waals surface area contributed by atoms with Crippen molar-refractivity contribution in [2.45, 2.75) is 6.42 Å². The zero-order valence-electron chi connectivity index (χ0n) is 19.4. The Hall–Kier alpha value is -4.15. The van der Waals surface area contributed by atoms with Crippen LogP contribution in [0.5, 0.6) is 0 Å². The second-order valence-corrected chi connectivity index (χ2v) is 7.90. The van der Waals surface area contributed by atoms with Gasteiger partial charge in [0.2, 0.25) is 0 Å². The van der Waals surface area contributed by atoms with Crippen LogP contribution in [-0.4, -0.2) is 60.4 Å². The van der Waals surface area contributed by atoms with Crippen LogP contribution in [0.2, 0.25) is 0 Å².